The van der Waals surface area contributed by atoms with Crippen molar-refractivity contribution in [2.24, 2.45) is 11.3 Å². The lowest BCUT2D eigenvalue weighted by molar-refractivity contribution is 0.0264. The molecule has 0 aromatic heterocycles. The van der Waals surface area contributed by atoms with Crippen LogP contribution in [0.3, 0.4) is 0 Å². The lowest BCUT2D eigenvalue weighted by atomic mass is 9.83. The van der Waals surface area contributed by atoms with E-state index < -0.39 is 10.0 Å². The second-order valence-electron chi connectivity index (χ2n) is 5.29. The van der Waals surface area contributed by atoms with Gasteiger partial charge in [-0.15, -0.1) is 11.6 Å². The summed E-state index contributed by atoms with van der Waals surface area (Å²) in [7, 11) is -3.21. The Balaban J connectivity index is 2.43. The van der Waals surface area contributed by atoms with Crippen molar-refractivity contribution in [1.29, 1.82) is 0 Å². The van der Waals surface area contributed by atoms with E-state index in [0.29, 0.717) is 12.4 Å². The summed E-state index contributed by atoms with van der Waals surface area (Å²) >= 11 is 5.63. The molecule has 1 N–H and O–H groups in total. The van der Waals surface area contributed by atoms with Crippen molar-refractivity contribution in [3.8, 4) is 0 Å². The normalized spacial score (nSPS) is 22.3. The van der Waals surface area contributed by atoms with Crippen LogP contribution in [0.15, 0.2) is 0 Å². The number of hydrogen-bond acceptors (Lipinski definition) is 3. The fraction of sp³-hybridized carbons (Fsp3) is 1.00. The zero-order chi connectivity index (χ0) is 12.9. The fourth-order valence-corrected chi connectivity index (χ4v) is 3.59. The van der Waals surface area contributed by atoms with Crippen molar-refractivity contribution in [3.63, 3.8) is 0 Å². The fourth-order valence-electron chi connectivity index (χ4n) is 1.80. The molecule has 0 amide bonds. The molecule has 1 heterocycles. The Hall–Kier alpha value is 0.160. The molecule has 17 heavy (non-hydrogen) atoms. The molecule has 1 saturated heterocycles. The van der Waals surface area contributed by atoms with Gasteiger partial charge >= 0.3 is 0 Å². The van der Waals surface area contributed by atoms with E-state index in [1.807, 2.05) is 6.92 Å². The van der Waals surface area contributed by atoms with Crippen molar-refractivity contribution < 1.29 is 13.2 Å². The number of rotatable bonds is 6. The van der Waals surface area contributed by atoms with Gasteiger partial charge in [-0.1, -0.05) is 13.8 Å². The van der Waals surface area contributed by atoms with Crippen LogP contribution in [0.25, 0.3) is 0 Å². The van der Waals surface area contributed by atoms with Crippen LogP contribution in [0, 0.1) is 11.3 Å². The summed E-state index contributed by atoms with van der Waals surface area (Å²) in [5, 5.41) is 0. The van der Waals surface area contributed by atoms with E-state index >= 15 is 0 Å². The standard InChI is InChI=1S/C11H22ClNO3S/c1-10(7-12)8-17(14,15)13-9-11(2)3-5-16-6-4-11/h10,13H,3-9H2,1-2H3. The van der Waals surface area contributed by atoms with Crippen LogP contribution >= 0.6 is 11.6 Å². The molecule has 0 bridgehead atoms. The van der Waals surface area contributed by atoms with E-state index in [2.05, 4.69) is 11.6 Å². The molecule has 1 unspecified atom stereocenters. The van der Waals surface area contributed by atoms with Gasteiger partial charge in [-0.05, 0) is 24.2 Å². The molecule has 0 aliphatic carbocycles. The molecule has 1 atom stereocenters. The second-order valence-corrected chi connectivity index (χ2v) is 7.45. The summed E-state index contributed by atoms with van der Waals surface area (Å²) in [6.07, 6.45) is 1.81. The van der Waals surface area contributed by atoms with Gasteiger partial charge in [-0.25, -0.2) is 13.1 Å². The third kappa shape index (κ3) is 5.55. The Labute approximate surface area is 109 Å². The van der Waals surface area contributed by atoms with Crippen LogP contribution in [0.5, 0.6) is 0 Å². The third-order valence-corrected chi connectivity index (χ3v) is 5.30. The highest BCUT2D eigenvalue weighted by Crippen LogP contribution is 2.28. The molecular weight excluding hydrogens is 262 g/mol. The van der Waals surface area contributed by atoms with Crippen LogP contribution in [0.2, 0.25) is 0 Å². The highest BCUT2D eigenvalue weighted by molar-refractivity contribution is 7.89. The number of alkyl halides is 1. The van der Waals surface area contributed by atoms with Crippen LogP contribution in [-0.2, 0) is 14.8 Å². The van der Waals surface area contributed by atoms with Crippen LogP contribution in [-0.4, -0.2) is 39.8 Å². The Kier molecular flexibility index (Phi) is 5.70. The predicted octanol–water partition coefficient (Wildman–Crippen LogP) is 1.60. The molecule has 0 radical (unpaired) electrons. The number of nitrogens with one attached hydrogen (secondary N) is 1. The van der Waals surface area contributed by atoms with Crippen LogP contribution < -0.4 is 4.72 Å². The second kappa shape index (κ2) is 6.36. The van der Waals surface area contributed by atoms with Gasteiger partial charge in [-0.2, -0.15) is 0 Å². The molecule has 0 aromatic carbocycles. The molecule has 1 fully saturated rings. The maximum Gasteiger partial charge on any atom is 0.211 e. The van der Waals surface area contributed by atoms with Gasteiger partial charge in [0.25, 0.3) is 0 Å². The molecule has 0 saturated carbocycles. The van der Waals surface area contributed by atoms with E-state index in [4.69, 9.17) is 16.3 Å². The van der Waals surface area contributed by atoms with Gasteiger partial charge in [0.05, 0.1) is 5.75 Å². The number of sulfonamides is 1. The quantitative estimate of drug-likeness (QED) is 0.754. The number of halogens is 1. The van der Waals surface area contributed by atoms with E-state index in [0.717, 1.165) is 26.1 Å². The molecule has 1 aliphatic heterocycles. The highest BCUT2D eigenvalue weighted by atomic mass is 35.5. The summed E-state index contributed by atoms with van der Waals surface area (Å²) < 4.78 is 31.5. The average molecular weight is 284 g/mol. The molecule has 6 heteroatoms. The van der Waals surface area contributed by atoms with Gasteiger partial charge in [0.2, 0.25) is 10.0 Å². The molecule has 1 rings (SSSR count). The largest absolute Gasteiger partial charge is 0.381 e. The first-order valence-electron chi connectivity index (χ1n) is 5.98. The third-order valence-electron chi connectivity index (χ3n) is 3.19. The van der Waals surface area contributed by atoms with E-state index in [1.54, 1.807) is 0 Å². The molecular formula is C11H22ClNO3S. The first-order valence-corrected chi connectivity index (χ1v) is 8.17. The van der Waals surface area contributed by atoms with Crippen LogP contribution in [0.4, 0.5) is 0 Å². The molecule has 1 aliphatic rings. The van der Waals surface area contributed by atoms with E-state index in [9.17, 15) is 8.42 Å². The predicted molar refractivity (Wildman–Crippen MR) is 69.8 cm³/mol. The molecule has 4 nitrogen and oxygen atoms in total. The minimum Gasteiger partial charge on any atom is -0.381 e. The SMILES string of the molecule is CC(CCl)CS(=O)(=O)NCC1(C)CCOCC1. The van der Waals surface area contributed by atoms with Gasteiger partial charge in [0.1, 0.15) is 0 Å². The maximum atomic E-state index is 11.8. The minimum absolute atomic E-state index is 0.0170. The Morgan fingerprint density at radius 3 is 2.53 bits per heavy atom. The topological polar surface area (TPSA) is 55.4 Å². The lowest BCUT2D eigenvalue weighted by Crippen LogP contribution is -2.41. The van der Waals surface area contributed by atoms with Gasteiger partial charge in [0, 0.05) is 25.6 Å². The molecule has 0 aromatic rings. The van der Waals surface area contributed by atoms with E-state index in [-0.39, 0.29) is 17.1 Å². The van der Waals surface area contributed by atoms with Crippen molar-refractivity contribution in [1.82, 2.24) is 4.72 Å². The minimum atomic E-state index is -3.21. The zero-order valence-electron chi connectivity index (χ0n) is 10.5. The van der Waals surface area contributed by atoms with Crippen molar-refractivity contribution in [2.75, 3.05) is 31.4 Å². The smallest absolute Gasteiger partial charge is 0.211 e. The highest BCUT2D eigenvalue weighted by Gasteiger charge is 2.29. The summed E-state index contributed by atoms with van der Waals surface area (Å²) in [6, 6.07) is 0. The zero-order valence-corrected chi connectivity index (χ0v) is 12.1. The first kappa shape index (κ1) is 15.2. The van der Waals surface area contributed by atoms with E-state index in [1.165, 1.54) is 0 Å². The Morgan fingerprint density at radius 2 is 2.00 bits per heavy atom. The van der Waals surface area contributed by atoms with Gasteiger partial charge < -0.3 is 4.74 Å². The summed E-state index contributed by atoms with van der Waals surface area (Å²) in [5.74, 6) is 0.450. The van der Waals surface area contributed by atoms with Crippen molar-refractivity contribution in [2.45, 2.75) is 26.7 Å². The Morgan fingerprint density at radius 1 is 1.41 bits per heavy atom. The number of hydrogen-bond donors (Lipinski definition) is 1. The van der Waals surface area contributed by atoms with Crippen molar-refractivity contribution in [3.05, 3.63) is 0 Å². The molecule has 102 valence electrons. The number of ether oxygens (including phenoxy) is 1. The molecule has 0 spiro atoms. The average Bonchev–Trinajstić information content (AvgIpc) is 2.27. The van der Waals surface area contributed by atoms with Crippen LogP contribution in [0.1, 0.15) is 26.7 Å². The maximum absolute atomic E-state index is 11.8. The van der Waals surface area contributed by atoms with Crippen molar-refractivity contribution >= 4 is 21.6 Å². The van der Waals surface area contributed by atoms with Gasteiger partial charge in [-0.3, -0.25) is 0 Å². The monoisotopic (exact) mass is 283 g/mol. The summed E-state index contributed by atoms with van der Waals surface area (Å²) in [6.45, 7) is 5.87. The summed E-state index contributed by atoms with van der Waals surface area (Å²) in [5.41, 5.74) is 0.0233. The lowest BCUT2D eigenvalue weighted by Gasteiger charge is -2.33. The summed E-state index contributed by atoms with van der Waals surface area (Å²) in [4.78, 5) is 0. The Bertz CT molecular complexity index is 326. The first-order chi connectivity index (χ1) is 7.87. The van der Waals surface area contributed by atoms with Gasteiger partial charge in [0.15, 0.2) is 0 Å².